The first-order chi connectivity index (χ1) is 17.3. The summed E-state index contributed by atoms with van der Waals surface area (Å²) in [5.41, 5.74) is -0.0816. The zero-order valence-corrected chi connectivity index (χ0v) is 23.7. The third-order valence-electron chi connectivity index (χ3n) is 5.59. The fraction of sp³-hybridized carbons (Fsp3) is 0.417. The second kappa shape index (κ2) is 11.4. The van der Waals surface area contributed by atoms with E-state index in [-0.39, 0.29) is 28.7 Å². The molecule has 0 aromatic heterocycles. The van der Waals surface area contributed by atoms with Gasteiger partial charge in [0.1, 0.15) is 27.7 Å². The molecule has 0 saturated heterocycles. The minimum absolute atomic E-state index is 0.0165. The van der Waals surface area contributed by atoms with Gasteiger partial charge in [-0.05, 0) is 57.5 Å². The van der Waals surface area contributed by atoms with Crippen LogP contribution in [0.25, 0.3) is 0 Å². The van der Waals surface area contributed by atoms with Gasteiger partial charge in [0.15, 0.2) is 0 Å². The maximum absolute atomic E-state index is 13.1. The molecule has 1 aliphatic heterocycles. The van der Waals surface area contributed by atoms with Gasteiger partial charge in [-0.25, -0.2) is 13.1 Å². The van der Waals surface area contributed by atoms with Gasteiger partial charge >= 0.3 is 5.24 Å². The van der Waals surface area contributed by atoms with Gasteiger partial charge in [0.25, 0.3) is 15.9 Å². The Kier molecular flexibility index (Phi) is 8.89. The summed E-state index contributed by atoms with van der Waals surface area (Å²) in [7, 11) is -1.49. The summed E-state index contributed by atoms with van der Waals surface area (Å²) >= 11 is 6.72. The zero-order valence-electron chi connectivity index (χ0n) is 21.3. The molecular weight excluding hydrogens is 542 g/mol. The number of fused-ring (bicyclic) bond motifs is 1. The van der Waals surface area contributed by atoms with E-state index in [1.165, 1.54) is 32.4 Å². The first-order valence-corrected chi connectivity index (χ1v) is 14.0. The number of benzene rings is 2. The lowest BCUT2D eigenvalue weighted by Gasteiger charge is -2.40. The number of carbonyl (C=O) groups is 2. The van der Waals surface area contributed by atoms with E-state index in [0.717, 1.165) is 0 Å². The van der Waals surface area contributed by atoms with Gasteiger partial charge in [0.05, 0.1) is 25.8 Å². The van der Waals surface area contributed by atoms with Gasteiger partial charge in [0, 0.05) is 35.5 Å². The SMILES string of the molecule is COc1ccc(Cl)cc1C(=O)NC1Cc2cc(S(=O)(=O)NC(=O)SNC(C)C)c(OC)cc2OC1(C)C. The molecule has 0 saturated carbocycles. The number of sulfonamides is 1. The Labute approximate surface area is 225 Å². The number of carbonyl (C=O) groups excluding carboxylic acids is 2. The summed E-state index contributed by atoms with van der Waals surface area (Å²) in [6, 6.07) is 7.00. The smallest absolute Gasteiger partial charge is 0.307 e. The topological polar surface area (TPSA) is 132 Å². The Morgan fingerprint density at radius 1 is 1.14 bits per heavy atom. The van der Waals surface area contributed by atoms with Crippen LogP contribution in [0.3, 0.4) is 0 Å². The van der Waals surface area contributed by atoms with Crippen LogP contribution in [0.15, 0.2) is 35.2 Å². The maximum atomic E-state index is 13.1. The van der Waals surface area contributed by atoms with Crippen LogP contribution in [0, 0.1) is 0 Å². The molecule has 0 radical (unpaired) electrons. The largest absolute Gasteiger partial charge is 0.496 e. The molecule has 0 fully saturated rings. The summed E-state index contributed by atoms with van der Waals surface area (Å²) in [6.07, 6.45) is 0.251. The van der Waals surface area contributed by atoms with Crippen molar-refractivity contribution in [1.29, 1.82) is 0 Å². The molecule has 1 aliphatic rings. The molecule has 13 heteroatoms. The first kappa shape index (κ1) is 28.9. The summed E-state index contributed by atoms with van der Waals surface area (Å²) in [4.78, 5) is 25.1. The Morgan fingerprint density at radius 3 is 2.43 bits per heavy atom. The highest BCUT2D eigenvalue weighted by Crippen LogP contribution is 2.39. The Morgan fingerprint density at radius 2 is 1.81 bits per heavy atom. The van der Waals surface area contributed by atoms with Crippen LogP contribution in [0.1, 0.15) is 43.6 Å². The highest BCUT2D eigenvalue weighted by atomic mass is 35.5. The summed E-state index contributed by atoms with van der Waals surface area (Å²) < 4.78 is 47.6. The molecule has 1 atom stereocenters. The van der Waals surface area contributed by atoms with Crippen LogP contribution in [-0.4, -0.2) is 51.5 Å². The summed E-state index contributed by atoms with van der Waals surface area (Å²) in [6.45, 7) is 7.26. The molecule has 1 heterocycles. The van der Waals surface area contributed by atoms with Gasteiger partial charge in [-0.2, -0.15) is 0 Å². The van der Waals surface area contributed by atoms with Gasteiger partial charge in [-0.15, -0.1) is 0 Å². The number of methoxy groups -OCH3 is 2. The minimum Gasteiger partial charge on any atom is -0.496 e. The third kappa shape index (κ3) is 6.81. The number of hydrogen-bond acceptors (Lipinski definition) is 9. The van der Waals surface area contributed by atoms with E-state index in [1.807, 2.05) is 32.4 Å². The van der Waals surface area contributed by atoms with E-state index >= 15 is 0 Å². The van der Waals surface area contributed by atoms with Crippen molar-refractivity contribution in [3.63, 3.8) is 0 Å². The van der Waals surface area contributed by atoms with E-state index in [2.05, 4.69) is 10.0 Å². The summed E-state index contributed by atoms with van der Waals surface area (Å²) in [5, 5.41) is 2.54. The fourth-order valence-corrected chi connectivity index (χ4v) is 5.75. The minimum atomic E-state index is -4.27. The average molecular weight is 572 g/mol. The van der Waals surface area contributed by atoms with Crippen LogP contribution in [0.4, 0.5) is 4.79 Å². The van der Waals surface area contributed by atoms with Gasteiger partial charge in [0.2, 0.25) is 0 Å². The van der Waals surface area contributed by atoms with Crippen molar-refractivity contribution in [1.82, 2.24) is 14.8 Å². The van der Waals surface area contributed by atoms with Crippen molar-refractivity contribution < 1.29 is 32.2 Å². The second-order valence-electron chi connectivity index (χ2n) is 9.16. The highest BCUT2D eigenvalue weighted by molar-refractivity contribution is 8.13. The monoisotopic (exact) mass is 571 g/mol. The molecule has 0 aliphatic carbocycles. The molecule has 37 heavy (non-hydrogen) atoms. The van der Waals surface area contributed by atoms with Gasteiger partial charge < -0.3 is 19.5 Å². The molecule has 0 bridgehead atoms. The van der Waals surface area contributed by atoms with E-state index in [9.17, 15) is 18.0 Å². The molecular formula is C24H30ClN3O7S2. The zero-order chi connectivity index (χ0) is 27.5. The molecule has 3 rings (SSSR count). The van der Waals surface area contributed by atoms with Crippen molar-refractivity contribution in [2.75, 3.05) is 14.2 Å². The fourth-order valence-electron chi connectivity index (χ4n) is 3.70. The highest BCUT2D eigenvalue weighted by Gasteiger charge is 2.40. The number of amides is 2. The number of ether oxygens (including phenoxy) is 3. The number of rotatable bonds is 8. The molecule has 202 valence electrons. The number of hydrogen-bond donors (Lipinski definition) is 3. The second-order valence-corrected chi connectivity index (χ2v) is 12.1. The van der Waals surface area contributed by atoms with Crippen LogP contribution in [-0.2, 0) is 16.4 Å². The Bertz CT molecular complexity index is 1300. The van der Waals surface area contributed by atoms with Gasteiger partial charge in [-0.3, -0.25) is 14.3 Å². The van der Waals surface area contributed by atoms with E-state index in [1.54, 1.807) is 12.1 Å². The normalized spacial score (nSPS) is 16.4. The van der Waals surface area contributed by atoms with Crippen molar-refractivity contribution >= 4 is 44.7 Å². The van der Waals surface area contributed by atoms with E-state index in [4.69, 9.17) is 25.8 Å². The molecule has 1 unspecified atom stereocenters. The first-order valence-electron chi connectivity index (χ1n) is 11.3. The number of halogens is 1. The molecule has 10 nitrogen and oxygen atoms in total. The quantitative estimate of drug-likeness (QED) is 0.403. The van der Waals surface area contributed by atoms with Crippen LogP contribution in [0.5, 0.6) is 17.2 Å². The number of nitrogens with one attached hydrogen (secondary N) is 3. The van der Waals surface area contributed by atoms with Crippen molar-refractivity contribution in [2.24, 2.45) is 0 Å². The van der Waals surface area contributed by atoms with E-state index in [0.29, 0.717) is 34.0 Å². The lowest BCUT2D eigenvalue weighted by molar-refractivity contribution is 0.0435. The predicted molar refractivity (Wildman–Crippen MR) is 142 cm³/mol. The Hall–Kier alpha value is -2.67. The lowest BCUT2D eigenvalue weighted by atomic mass is 9.88. The van der Waals surface area contributed by atoms with Crippen molar-refractivity contribution in [3.05, 3.63) is 46.5 Å². The molecule has 2 aromatic rings. The predicted octanol–water partition coefficient (Wildman–Crippen LogP) is 3.91. The molecule has 2 aromatic carbocycles. The third-order valence-corrected chi connectivity index (χ3v) is 8.18. The Balaban J connectivity index is 1.91. The van der Waals surface area contributed by atoms with Crippen LogP contribution in [0.2, 0.25) is 5.02 Å². The van der Waals surface area contributed by atoms with Gasteiger partial charge in [-0.1, -0.05) is 11.6 Å². The maximum Gasteiger partial charge on any atom is 0.307 e. The average Bonchev–Trinajstić information content (AvgIpc) is 2.81. The van der Waals surface area contributed by atoms with Crippen LogP contribution < -0.4 is 29.0 Å². The summed E-state index contributed by atoms with van der Waals surface area (Å²) in [5.74, 6) is 0.361. The van der Waals surface area contributed by atoms with E-state index < -0.39 is 32.8 Å². The molecule has 0 spiro atoms. The standard InChI is InChI=1S/C24H30ClN3O7S2/c1-13(2)27-36-23(30)28-37(31,32)20-9-14-10-21(24(3,4)35-18(14)12-19(20)34-6)26-22(29)16-11-15(25)7-8-17(16)33-5/h7-9,11-13,21,27H,10H2,1-6H3,(H,26,29)(H,28,30). The molecule has 3 N–H and O–H groups in total. The lowest BCUT2D eigenvalue weighted by Crippen LogP contribution is -2.55. The van der Waals surface area contributed by atoms with Crippen molar-refractivity contribution in [2.45, 2.75) is 56.7 Å². The van der Waals surface area contributed by atoms with Crippen LogP contribution >= 0.6 is 23.5 Å². The molecule has 2 amide bonds. The van der Waals surface area contributed by atoms with Crippen molar-refractivity contribution in [3.8, 4) is 17.2 Å².